The van der Waals surface area contributed by atoms with E-state index in [1.165, 1.54) is 0 Å². The van der Waals surface area contributed by atoms with Crippen molar-refractivity contribution in [2.45, 2.75) is 13.0 Å². The van der Waals surface area contributed by atoms with E-state index in [0.29, 0.717) is 11.4 Å². The van der Waals surface area contributed by atoms with Crippen molar-refractivity contribution in [1.82, 2.24) is 20.6 Å². The minimum absolute atomic E-state index is 0.0850. The van der Waals surface area contributed by atoms with Gasteiger partial charge in [-0.1, -0.05) is 30.3 Å². The minimum Gasteiger partial charge on any atom is -0.345 e. The molecule has 3 N–H and O–H groups in total. The third-order valence-electron chi connectivity index (χ3n) is 3.64. The number of imidazole rings is 1. The number of fused-ring (bicyclic) bond motifs is 1. The molecule has 1 heterocycles. The Hall–Kier alpha value is -3.15. The molecule has 1 atom stereocenters. The van der Waals surface area contributed by atoms with Crippen LogP contribution < -0.4 is 10.6 Å². The lowest BCUT2D eigenvalue weighted by Gasteiger charge is -2.12. The van der Waals surface area contributed by atoms with E-state index in [0.717, 1.165) is 11.0 Å². The maximum Gasteiger partial charge on any atom is 0.251 e. The Bertz CT molecular complexity index is 825. The molecule has 0 saturated carbocycles. The highest BCUT2D eigenvalue weighted by atomic mass is 16.2. The molecule has 6 nitrogen and oxygen atoms in total. The Morgan fingerprint density at radius 3 is 2.54 bits per heavy atom. The van der Waals surface area contributed by atoms with Crippen LogP contribution >= 0.6 is 0 Å². The van der Waals surface area contributed by atoms with Gasteiger partial charge in [0.2, 0.25) is 5.91 Å². The van der Waals surface area contributed by atoms with Crippen LogP contribution in [0.4, 0.5) is 0 Å². The monoisotopic (exact) mass is 322 g/mol. The fraction of sp³-hybridized carbons (Fsp3) is 0.167. The molecule has 0 aliphatic carbocycles. The number of nitrogens with zero attached hydrogens (tertiary/aromatic N) is 1. The molecule has 3 rings (SSSR count). The number of nitrogens with one attached hydrogen (secondary N) is 3. The van der Waals surface area contributed by atoms with Crippen LogP contribution in [0.5, 0.6) is 0 Å². The maximum atomic E-state index is 12.0. The van der Waals surface area contributed by atoms with E-state index < -0.39 is 0 Å². The summed E-state index contributed by atoms with van der Waals surface area (Å²) in [4.78, 5) is 31.6. The summed E-state index contributed by atoms with van der Waals surface area (Å²) < 4.78 is 0. The molecule has 0 saturated heterocycles. The predicted molar refractivity (Wildman–Crippen MR) is 91.4 cm³/mol. The average molecular weight is 322 g/mol. The number of amides is 2. The van der Waals surface area contributed by atoms with Gasteiger partial charge in [-0.25, -0.2) is 4.98 Å². The van der Waals surface area contributed by atoms with Crippen molar-refractivity contribution in [1.29, 1.82) is 0 Å². The van der Waals surface area contributed by atoms with E-state index in [2.05, 4.69) is 20.6 Å². The highest BCUT2D eigenvalue weighted by molar-refractivity contribution is 5.96. The largest absolute Gasteiger partial charge is 0.345 e. The molecule has 2 amide bonds. The van der Waals surface area contributed by atoms with Crippen molar-refractivity contribution >= 4 is 22.8 Å². The first-order chi connectivity index (χ1) is 11.6. The highest BCUT2D eigenvalue weighted by Gasteiger charge is 2.14. The summed E-state index contributed by atoms with van der Waals surface area (Å²) in [7, 11) is 0. The summed E-state index contributed by atoms with van der Waals surface area (Å²) in [6.07, 6.45) is 0. The van der Waals surface area contributed by atoms with Crippen LogP contribution in [0.1, 0.15) is 29.1 Å². The van der Waals surface area contributed by atoms with Crippen LogP contribution in [0.15, 0.2) is 54.6 Å². The summed E-state index contributed by atoms with van der Waals surface area (Å²) in [6, 6.07) is 16.2. The molecule has 6 heteroatoms. The average Bonchev–Trinajstić information content (AvgIpc) is 3.05. The van der Waals surface area contributed by atoms with Crippen LogP contribution in [0, 0.1) is 0 Å². The van der Waals surface area contributed by atoms with Gasteiger partial charge in [0.25, 0.3) is 5.91 Å². The van der Waals surface area contributed by atoms with Gasteiger partial charge >= 0.3 is 0 Å². The summed E-state index contributed by atoms with van der Waals surface area (Å²) in [5, 5.41) is 5.42. The number of hydrogen-bond donors (Lipinski definition) is 3. The number of aromatic amines is 1. The minimum atomic E-state index is -0.279. The summed E-state index contributed by atoms with van der Waals surface area (Å²) >= 11 is 0. The third-order valence-corrected chi connectivity index (χ3v) is 3.64. The zero-order chi connectivity index (χ0) is 16.9. The van der Waals surface area contributed by atoms with Crippen molar-refractivity contribution in [3.63, 3.8) is 0 Å². The Morgan fingerprint density at radius 2 is 1.79 bits per heavy atom. The van der Waals surface area contributed by atoms with Gasteiger partial charge in [0.05, 0.1) is 23.6 Å². The van der Waals surface area contributed by atoms with Gasteiger partial charge in [-0.15, -0.1) is 0 Å². The molecular formula is C18H18N4O2. The number of carbonyl (C=O) groups is 2. The van der Waals surface area contributed by atoms with Crippen LogP contribution in [0.25, 0.3) is 11.0 Å². The van der Waals surface area contributed by atoms with Crippen molar-refractivity contribution in [2.75, 3.05) is 6.54 Å². The quantitative estimate of drug-likeness (QED) is 0.673. The Labute approximate surface area is 139 Å². The number of carbonyl (C=O) groups excluding carboxylic acids is 2. The van der Waals surface area contributed by atoms with Gasteiger partial charge in [-0.3, -0.25) is 9.59 Å². The van der Waals surface area contributed by atoms with E-state index in [1.54, 1.807) is 24.3 Å². The Morgan fingerprint density at radius 1 is 1.08 bits per heavy atom. The third kappa shape index (κ3) is 3.60. The van der Waals surface area contributed by atoms with Gasteiger partial charge < -0.3 is 15.6 Å². The molecule has 24 heavy (non-hydrogen) atoms. The number of para-hydroxylation sites is 2. The molecule has 122 valence electrons. The van der Waals surface area contributed by atoms with Gasteiger partial charge in [0.15, 0.2) is 0 Å². The SMILES string of the molecule is CC(NC(=O)CNC(=O)c1ccccc1)c1nc2ccccc2[nH]1. The topological polar surface area (TPSA) is 86.9 Å². The van der Waals surface area contributed by atoms with Crippen LogP contribution in [0.2, 0.25) is 0 Å². The van der Waals surface area contributed by atoms with Crippen LogP contribution in [0.3, 0.4) is 0 Å². The second-order valence-electron chi connectivity index (χ2n) is 5.48. The van der Waals surface area contributed by atoms with Crippen molar-refractivity contribution < 1.29 is 9.59 Å². The maximum absolute atomic E-state index is 12.0. The lowest BCUT2D eigenvalue weighted by atomic mass is 10.2. The predicted octanol–water partition coefficient (Wildman–Crippen LogP) is 2.17. The summed E-state index contributed by atoms with van der Waals surface area (Å²) in [6.45, 7) is 1.76. The number of H-pyrrole nitrogens is 1. The number of rotatable bonds is 5. The first-order valence-electron chi connectivity index (χ1n) is 7.71. The Kier molecular flexibility index (Phi) is 4.56. The standard InChI is InChI=1S/C18H18N4O2/c1-12(17-21-14-9-5-6-10-15(14)22-17)20-16(23)11-19-18(24)13-7-3-2-4-8-13/h2-10,12H,11H2,1H3,(H,19,24)(H,20,23)(H,21,22). The number of aromatic nitrogens is 2. The molecular weight excluding hydrogens is 304 g/mol. The fourth-order valence-electron chi connectivity index (χ4n) is 2.39. The van der Waals surface area contributed by atoms with E-state index in [-0.39, 0.29) is 24.4 Å². The molecule has 3 aromatic rings. The van der Waals surface area contributed by atoms with E-state index in [1.807, 2.05) is 37.3 Å². The Balaban J connectivity index is 1.55. The number of hydrogen-bond acceptors (Lipinski definition) is 3. The smallest absolute Gasteiger partial charge is 0.251 e. The molecule has 0 spiro atoms. The first-order valence-corrected chi connectivity index (χ1v) is 7.71. The molecule has 2 aromatic carbocycles. The van der Waals surface area contributed by atoms with Crippen molar-refractivity contribution in [2.24, 2.45) is 0 Å². The summed E-state index contributed by atoms with van der Waals surface area (Å²) in [5.41, 5.74) is 2.30. The molecule has 0 aliphatic heterocycles. The lowest BCUT2D eigenvalue weighted by Crippen LogP contribution is -2.38. The lowest BCUT2D eigenvalue weighted by molar-refractivity contribution is -0.120. The van der Waals surface area contributed by atoms with Crippen molar-refractivity contribution in [3.05, 3.63) is 66.0 Å². The van der Waals surface area contributed by atoms with E-state index in [9.17, 15) is 9.59 Å². The molecule has 0 radical (unpaired) electrons. The molecule has 1 unspecified atom stereocenters. The normalized spacial score (nSPS) is 11.9. The molecule has 1 aromatic heterocycles. The first kappa shape index (κ1) is 15.7. The van der Waals surface area contributed by atoms with Gasteiger partial charge in [0, 0.05) is 5.56 Å². The van der Waals surface area contributed by atoms with Crippen molar-refractivity contribution in [3.8, 4) is 0 Å². The van der Waals surface area contributed by atoms with Gasteiger partial charge in [-0.2, -0.15) is 0 Å². The highest BCUT2D eigenvalue weighted by Crippen LogP contribution is 2.15. The number of benzene rings is 2. The van der Waals surface area contributed by atoms with E-state index >= 15 is 0 Å². The molecule has 0 aliphatic rings. The van der Waals surface area contributed by atoms with Gasteiger partial charge in [-0.05, 0) is 31.2 Å². The van der Waals surface area contributed by atoms with E-state index in [4.69, 9.17) is 0 Å². The zero-order valence-electron chi connectivity index (χ0n) is 13.2. The second-order valence-corrected chi connectivity index (χ2v) is 5.48. The van der Waals surface area contributed by atoms with Crippen LogP contribution in [-0.2, 0) is 4.79 Å². The zero-order valence-corrected chi connectivity index (χ0v) is 13.2. The fourth-order valence-corrected chi connectivity index (χ4v) is 2.39. The molecule has 0 bridgehead atoms. The second kappa shape index (κ2) is 6.95. The summed E-state index contributed by atoms with van der Waals surface area (Å²) in [5.74, 6) is 0.133. The van der Waals surface area contributed by atoms with Gasteiger partial charge in [0.1, 0.15) is 5.82 Å². The van der Waals surface area contributed by atoms with Crippen LogP contribution in [-0.4, -0.2) is 28.3 Å². The molecule has 0 fully saturated rings.